The van der Waals surface area contributed by atoms with Crippen molar-refractivity contribution >= 4 is 39.8 Å². The van der Waals surface area contributed by atoms with Gasteiger partial charge in [0.25, 0.3) is 5.71 Å². The Morgan fingerprint density at radius 1 is 0.875 bits per heavy atom. The second-order valence-corrected chi connectivity index (χ2v) is 7.69. The van der Waals surface area contributed by atoms with Gasteiger partial charge in [0.2, 0.25) is 11.5 Å². The van der Waals surface area contributed by atoms with Crippen LogP contribution in [-0.2, 0) is 6.54 Å². The smallest absolute Gasteiger partial charge is 0.267 e. The average molecular weight is 419 g/mol. The van der Waals surface area contributed by atoms with E-state index >= 15 is 0 Å². The van der Waals surface area contributed by atoms with Gasteiger partial charge in [0, 0.05) is 23.2 Å². The lowest BCUT2D eigenvalue weighted by Gasteiger charge is -2.01. The number of aromatic nitrogens is 3. The summed E-state index contributed by atoms with van der Waals surface area (Å²) in [5.41, 5.74) is 2.79. The number of fused-ring (bicyclic) bond motifs is 3. The number of carbonyl (C=O) groups excluding carboxylic acids is 2. The van der Waals surface area contributed by atoms with Crippen molar-refractivity contribution in [2.45, 2.75) is 13.5 Å². The molecule has 0 radical (unpaired) electrons. The Kier molecular flexibility index (Phi) is 3.95. The molecule has 0 saturated heterocycles. The van der Waals surface area contributed by atoms with Crippen LogP contribution in [0.5, 0.6) is 0 Å². The highest BCUT2D eigenvalue weighted by Gasteiger charge is 2.34. The summed E-state index contributed by atoms with van der Waals surface area (Å²) in [6.07, 6.45) is 1.55. The quantitative estimate of drug-likeness (QED) is 0.292. The number of carbonyl (C=O) groups is 2. The second-order valence-electron chi connectivity index (χ2n) is 7.69. The first kappa shape index (κ1) is 18.4. The molecule has 32 heavy (non-hydrogen) atoms. The van der Waals surface area contributed by atoms with Crippen LogP contribution in [0.25, 0.3) is 39.7 Å². The zero-order valence-electron chi connectivity index (χ0n) is 17.2. The van der Waals surface area contributed by atoms with Crippen LogP contribution in [0, 0.1) is 0 Å². The number of benzene rings is 3. The van der Waals surface area contributed by atoms with Crippen molar-refractivity contribution in [3.63, 3.8) is 0 Å². The maximum absolute atomic E-state index is 13.1. The molecule has 2 aromatic heterocycles. The molecule has 1 aliphatic rings. The second kappa shape index (κ2) is 6.85. The van der Waals surface area contributed by atoms with Gasteiger partial charge >= 0.3 is 0 Å². The van der Waals surface area contributed by atoms with E-state index < -0.39 is 0 Å². The van der Waals surface area contributed by atoms with Gasteiger partial charge in [-0.3, -0.25) is 9.59 Å². The van der Waals surface area contributed by atoms with Gasteiger partial charge in [0.15, 0.2) is 11.6 Å². The molecule has 6 heteroatoms. The lowest BCUT2D eigenvalue weighted by Crippen LogP contribution is -2.04. The fourth-order valence-electron chi connectivity index (χ4n) is 4.22. The number of Topliss-reactive ketones (excluding diaryl/α,β-unsaturated/α-hetero) is 2. The molecule has 0 bridgehead atoms. The number of hydrogen-bond acceptors (Lipinski definition) is 5. The number of ketones is 2. The molecular weight excluding hydrogens is 402 g/mol. The first-order valence-electron chi connectivity index (χ1n) is 10.4. The molecule has 6 rings (SSSR count). The Morgan fingerprint density at radius 3 is 2.12 bits per heavy atom. The van der Waals surface area contributed by atoms with E-state index in [2.05, 4.69) is 9.97 Å². The maximum atomic E-state index is 13.1. The molecular formula is C26H17N3O3. The van der Waals surface area contributed by atoms with E-state index in [1.807, 2.05) is 66.1 Å². The zero-order chi connectivity index (χ0) is 21.8. The van der Waals surface area contributed by atoms with Crippen molar-refractivity contribution in [3.8, 4) is 11.5 Å². The molecule has 5 aromatic rings. The molecule has 0 N–H and O–H groups in total. The minimum atomic E-state index is -0.282. The lowest BCUT2D eigenvalue weighted by molar-refractivity contribution is 0.0990. The lowest BCUT2D eigenvalue weighted by atomic mass is 10.0. The van der Waals surface area contributed by atoms with Gasteiger partial charge in [0.05, 0.1) is 5.57 Å². The topological polar surface area (TPSA) is 78.0 Å². The van der Waals surface area contributed by atoms with Crippen LogP contribution in [0.15, 0.2) is 76.7 Å². The fourth-order valence-corrected chi connectivity index (χ4v) is 4.22. The Morgan fingerprint density at radius 2 is 1.50 bits per heavy atom. The third-order valence-electron chi connectivity index (χ3n) is 5.82. The van der Waals surface area contributed by atoms with E-state index in [1.54, 1.807) is 18.2 Å². The first-order chi connectivity index (χ1) is 15.6. The molecule has 0 aliphatic heterocycles. The SMILES string of the molecule is CCn1c(C=C2C(=O)c3cc4ccccc4cc3C2=O)nc2oc(-c3ccccc3)nc21. The van der Waals surface area contributed by atoms with Crippen molar-refractivity contribution in [1.82, 2.24) is 14.5 Å². The van der Waals surface area contributed by atoms with Gasteiger partial charge in [-0.1, -0.05) is 42.5 Å². The van der Waals surface area contributed by atoms with E-state index in [0.29, 0.717) is 40.7 Å². The zero-order valence-corrected chi connectivity index (χ0v) is 17.2. The van der Waals surface area contributed by atoms with Crippen LogP contribution in [0.4, 0.5) is 0 Å². The van der Waals surface area contributed by atoms with E-state index in [-0.39, 0.29) is 17.1 Å². The number of hydrogen-bond donors (Lipinski definition) is 0. The van der Waals surface area contributed by atoms with Crippen LogP contribution in [0.2, 0.25) is 0 Å². The van der Waals surface area contributed by atoms with Gasteiger partial charge in [-0.25, -0.2) is 0 Å². The molecule has 0 amide bonds. The van der Waals surface area contributed by atoms with Crippen molar-refractivity contribution in [3.05, 3.63) is 89.3 Å². The molecule has 0 fully saturated rings. The molecule has 6 nitrogen and oxygen atoms in total. The molecule has 0 unspecified atom stereocenters. The van der Waals surface area contributed by atoms with Crippen molar-refractivity contribution in [1.29, 1.82) is 0 Å². The third-order valence-corrected chi connectivity index (χ3v) is 5.82. The van der Waals surface area contributed by atoms with Gasteiger partial charge in [-0.2, -0.15) is 9.97 Å². The monoisotopic (exact) mass is 419 g/mol. The summed E-state index contributed by atoms with van der Waals surface area (Å²) < 4.78 is 7.71. The summed E-state index contributed by atoms with van der Waals surface area (Å²) in [5, 5.41) is 1.86. The summed E-state index contributed by atoms with van der Waals surface area (Å²) in [7, 11) is 0. The fraction of sp³-hybridized carbons (Fsp3) is 0.0769. The summed E-state index contributed by atoms with van der Waals surface area (Å²) in [6.45, 7) is 2.52. The predicted molar refractivity (Wildman–Crippen MR) is 121 cm³/mol. The summed E-state index contributed by atoms with van der Waals surface area (Å²) in [4.78, 5) is 35.3. The molecule has 0 atom stereocenters. The van der Waals surface area contributed by atoms with Crippen LogP contribution < -0.4 is 0 Å². The minimum absolute atomic E-state index is 0.112. The van der Waals surface area contributed by atoms with Gasteiger partial charge in [-0.05, 0) is 48.0 Å². The molecule has 2 heterocycles. The van der Waals surface area contributed by atoms with Gasteiger partial charge < -0.3 is 8.98 Å². The van der Waals surface area contributed by atoms with Crippen LogP contribution in [0.3, 0.4) is 0 Å². The Labute approximate surface area is 182 Å². The normalized spacial score (nSPS) is 13.3. The Balaban J connectivity index is 1.45. The highest BCUT2D eigenvalue weighted by Crippen LogP contribution is 2.32. The van der Waals surface area contributed by atoms with E-state index in [1.165, 1.54) is 0 Å². The standard InChI is InChI=1S/C26H17N3O3/c1-2-29-21(27-26-24(29)28-25(32-26)15-8-4-3-5-9-15)14-20-22(30)18-12-16-10-6-7-11-17(16)13-19(18)23(20)31/h3-14H,2H2,1H3. The van der Waals surface area contributed by atoms with Crippen LogP contribution in [-0.4, -0.2) is 26.1 Å². The van der Waals surface area contributed by atoms with Gasteiger partial charge in [-0.15, -0.1) is 0 Å². The number of imidazole rings is 1. The molecule has 1 aliphatic carbocycles. The van der Waals surface area contributed by atoms with Crippen molar-refractivity contribution in [2.75, 3.05) is 0 Å². The largest absolute Gasteiger partial charge is 0.416 e. The Hall–Kier alpha value is -4.32. The van der Waals surface area contributed by atoms with Crippen LogP contribution in [0.1, 0.15) is 33.5 Å². The van der Waals surface area contributed by atoms with E-state index in [4.69, 9.17) is 4.42 Å². The number of nitrogens with zero attached hydrogens (tertiary/aromatic N) is 3. The Bertz CT molecular complexity index is 1530. The molecule has 3 aromatic carbocycles. The number of allylic oxidation sites excluding steroid dienone is 1. The van der Waals surface area contributed by atoms with Gasteiger partial charge in [0.1, 0.15) is 5.82 Å². The van der Waals surface area contributed by atoms with Crippen molar-refractivity contribution < 1.29 is 14.0 Å². The summed E-state index contributed by atoms with van der Waals surface area (Å²) in [6, 6.07) is 20.9. The minimum Gasteiger partial charge on any atom is -0.416 e. The molecule has 0 spiro atoms. The summed E-state index contributed by atoms with van der Waals surface area (Å²) in [5.74, 6) is 0.394. The van der Waals surface area contributed by atoms with E-state index in [0.717, 1.165) is 16.3 Å². The first-order valence-corrected chi connectivity index (χ1v) is 10.4. The summed E-state index contributed by atoms with van der Waals surface area (Å²) >= 11 is 0. The highest BCUT2D eigenvalue weighted by molar-refractivity contribution is 6.42. The van der Waals surface area contributed by atoms with E-state index in [9.17, 15) is 9.59 Å². The number of rotatable bonds is 3. The molecule has 154 valence electrons. The third kappa shape index (κ3) is 2.66. The average Bonchev–Trinajstić information content (AvgIpc) is 3.45. The number of oxazole rings is 1. The van der Waals surface area contributed by atoms with Crippen molar-refractivity contribution in [2.24, 2.45) is 0 Å². The maximum Gasteiger partial charge on any atom is 0.267 e. The number of aryl methyl sites for hydroxylation is 1. The highest BCUT2D eigenvalue weighted by atomic mass is 16.4. The van der Waals surface area contributed by atoms with Crippen LogP contribution >= 0.6 is 0 Å². The molecule has 0 saturated carbocycles. The predicted octanol–water partition coefficient (Wildman–Crippen LogP) is 5.33.